The van der Waals surface area contributed by atoms with Crippen LogP contribution in [0.1, 0.15) is 0 Å². The quantitative estimate of drug-likeness (QED) is 0.583. The van der Waals surface area contributed by atoms with Gasteiger partial charge in [0, 0.05) is 0 Å². The third-order valence-corrected chi connectivity index (χ3v) is 2.92. The molecule has 0 heterocycles. The Bertz CT molecular complexity index is 235. The number of rotatable bonds is 2. The van der Waals surface area contributed by atoms with Crippen LogP contribution in [0.5, 0.6) is 0 Å². The van der Waals surface area contributed by atoms with Crippen molar-refractivity contribution in [3.63, 3.8) is 0 Å². The molecule has 0 aromatic carbocycles. The van der Waals surface area contributed by atoms with Gasteiger partial charge < -0.3 is 16.4 Å². The van der Waals surface area contributed by atoms with Crippen molar-refractivity contribution in [2.75, 3.05) is 0 Å². The van der Waals surface area contributed by atoms with Gasteiger partial charge in [-0.2, -0.15) is 0 Å². The van der Waals surface area contributed by atoms with Gasteiger partial charge in [-0.1, -0.05) is 0 Å². The molecule has 13 heavy (non-hydrogen) atoms. The Balaban J connectivity index is -0.0000000533. The molecule has 2 N–H and O–H groups in total. The fourth-order valence-corrected chi connectivity index (χ4v) is 1.85. The van der Waals surface area contributed by atoms with Crippen LogP contribution in [0.25, 0.3) is 0 Å². The van der Waals surface area contributed by atoms with Crippen molar-refractivity contribution < 1.29 is 87.4 Å². The second kappa shape index (κ2) is 9.13. The van der Waals surface area contributed by atoms with Crippen LogP contribution in [0.15, 0.2) is 0 Å². The van der Waals surface area contributed by atoms with Crippen molar-refractivity contribution in [2.45, 2.75) is 0 Å². The first-order valence-electron chi connectivity index (χ1n) is 1.37. The van der Waals surface area contributed by atoms with Crippen LogP contribution < -0.4 is 0 Å². The van der Waals surface area contributed by atoms with Gasteiger partial charge in [-0.15, -0.1) is 0 Å². The maximum absolute atomic E-state index is 9.53. The van der Waals surface area contributed by atoms with E-state index in [9.17, 15) is 15.2 Å². The molecule has 0 aliphatic rings. The van der Waals surface area contributed by atoms with Gasteiger partial charge in [0.05, 0.1) is 0 Å². The maximum atomic E-state index is 9.53. The zero-order chi connectivity index (χ0) is 7.71. The first-order valence-corrected chi connectivity index (χ1v) is 5.63. The van der Waals surface area contributed by atoms with Crippen molar-refractivity contribution in [2.24, 2.45) is 0 Å². The number of hydrogen-bond donors (Lipinski definition) is 2. The first kappa shape index (κ1) is 29.2. The molecular weight excluding hydrogens is 316 g/mol. The molecule has 0 aliphatic carbocycles. The van der Waals surface area contributed by atoms with Crippen LogP contribution in [0.3, 0.4) is 0 Å². The molecule has 0 fully saturated rings. The molecule has 0 aromatic heterocycles. The summed E-state index contributed by atoms with van der Waals surface area (Å²) in [6.45, 7) is 0. The summed E-state index contributed by atoms with van der Waals surface area (Å²) < 4.78 is 56.3. The summed E-state index contributed by atoms with van der Waals surface area (Å²) in [6, 6.07) is 0. The molecule has 0 aromatic rings. The summed E-state index contributed by atoms with van der Waals surface area (Å²) in [6.07, 6.45) is 0. The minimum absolute atomic E-state index is 0. The Labute approximate surface area is 87.3 Å². The van der Waals surface area contributed by atoms with E-state index in [0.29, 0.717) is 0 Å². The zero-order valence-corrected chi connectivity index (χ0v) is 9.21. The van der Waals surface area contributed by atoms with Gasteiger partial charge in [-0.3, -0.25) is 0 Å². The third-order valence-electron chi connectivity index (χ3n) is 0.172. The summed E-state index contributed by atoms with van der Waals surface area (Å²) in [7, 11) is 0. The molecule has 80 valence electrons. The Hall–Kier alpha value is 0.557. The van der Waals surface area contributed by atoms with Gasteiger partial charge in [0.15, 0.2) is 0 Å². The summed E-state index contributed by atoms with van der Waals surface area (Å²) in [4.78, 5) is 0. The molecule has 0 unspecified atom stereocenters. The fraction of sp³-hybridized carbons (Fsp3) is 0. The van der Waals surface area contributed by atoms with E-state index in [4.69, 9.17) is 8.32 Å². The predicted octanol–water partition coefficient (Wildman–Crippen LogP) is -2.02. The Kier molecular flexibility index (Phi) is 20.5. The Morgan fingerprint density at radius 2 is 0.923 bits per heavy atom. The summed E-state index contributed by atoms with van der Waals surface area (Å²) in [5.41, 5.74) is 0. The van der Waals surface area contributed by atoms with E-state index in [-0.39, 0.29) is 33.8 Å². The Morgan fingerprint density at radius 1 is 0.769 bits per heavy atom. The van der Waals surface area contributed by atoms with Gasteiger partial charge in [-0.05, 0) is 0 Å². The summed E-state index contributed by atoms with van der Waals surface area (Å²) >= 11 is -11.5. The van der Waals surface area contributed by atoms with Gasteiger partial charge in [0.2, 0.25) is 0 Å². The van der Waals surface area contributed by atoms with Crippen LogP contribution in [0, 0.1) is 0 Å². The third kappa shape index (κ3) is 32.5. The molecule has 0 saturated heterocycles. The molecule has 13 heteroatoms. The topological polar surface area (TPSA) is 203 Å². The summed E-state index contributed by atoms with van der Waals surface area (Å²) in [5.74, 6) is 0. The van der Waals surface area contributed by atoms with Gasteiger partial charge in [0.25, 0.3) is 0 Å². The standard InChI is InChI=1S/3Cr.2H2O.8O/h;;;2*1H2;;;;;;;;/q2*+1;+6;;;;;;;;3*-2/p-2. The van der Waals surface area contributed by atoms with Gasteiger partial charge >= 0.3 is 71.0 Å². The van der Waals surface area contributed by atoms with Crippen molar-refractivity contribution in [3.05, 3.63) is 0 Å². The van der Waals surface area contributed by atoms with E-state index in [2.05, 4.69) is 2.84 Å². The van der Waals surface area contributed by atoms with E-state index in [1.807, 2.05) is 0 Å². The second-order valence-corrected chi connectivity index (χ2v) is 4.68. The van der Waals surface area contributed by atoms with E-state index in [0.717, 1.165) is 0 Å². The first-order chi connectivity index (χ1) is 3.71. The fourth-order valence-electron chi connectivity index (χ4n) is 0.109. The van der Waals surface area contributed by atoms with Gasteiger partial charge in [0.1, 0.15) is 0 Å². The molecule has 0 amide bonds. The van der Waals surface area contributed by atoms with Crippen molar-refractivity contribution >= 4 is 0 Å². The molecule has 10 nitrogen and oxygen atoms in total. The van der Waals surface area contributed by atoms with Crippen molar-refractivity contribution in [1.29, 1.82) is 0 Å². The van der Waals surface area contributed by atoms with Gasteiger partial charge in [-0.25, -0.2) is 0 Å². The molecule has 0 aliphatic heterocycles. The van der Waals surface area contributed by atoms with Crippen LogP contribution in [0.2, 0.25) is 0 Å². The summed E-state index contributed by atoms with van der Waals surface area (Å²) in [5, 5.41) is 0. The van der Waals surface area contributed by atoms with Crippen LogP contribution >= 0.6 is 0 Å². The number of hydrogen-bond acceptors (Lipinski definition) is 5. The van der Waals surface area contributed by atoms with E-state index >= 15 is 0 Å². The Morgan fingerprint density at radius 3 is 0.923 bits per heavy atom. The monoisotopic (exact) mass is 318 g/mol. The average Bonchev–Trinajstić information content (AvgIpc) is 1.14. The molecule has 0 bridgehead atoms. The van der Waals surface area contributed by atoms with E-state index in [1.165, 1.54) is 0 Å². The molecule has 0 spiro atoms. The molecule has 0 rings (SSSR count). The van der Waals surface area contributed by atoms with E-state index < -0.39 is 27.2 Å². The molecule has 0 radical (unpaired) electrons. The predicted molar refractivity (Wildman–Crippen MR) is 10.3 cm³/mol. The van der Waals surface area contributed by atoms with Crippen LogP contribution in [-0.2, 0) is 79.1 Å². The van der Waals surface area contributed by atoms with E-state index in [1.54, 1.807) is 0 Å². The normalized spacial score (nSPS) is 9.38. The SMILES string of the molecule is [Cr+6].[O-2].[O-2].[O-2].[O]=[Cr](=[O])([OH])[O][Cr](=[O])(=[O])[OH]. The minimum atomic E-state index is -5.76. The average molecular weight is 318 g/mol. The molecule has 0 saturated carbocycles. The zero-order valence-electron chi connectivity index (χ0n) is 5.39. The molecule has 0 atom stereocenters. The van der Waals surface area contributed by atoms with Crippen LogP contribution in [-0.4, -0.2) is 8.32 Å². The second-order valence-electron chi connectivity index (χ2n) is 0.924. The van der Waals surface area contributed by atoms with Crippen molar-refractivity contribution in [1.82, 2.24) is 0 Å². The van der Waals surface area contributed by atoms with Crippen molar-refractivity contribution in [3.8, 4) is 0 Å². The molecular formula is H2Cr3O10. The van der Waals surface area contributed by atoms with Crippen LogP contribution in [0.4, 0.5) is 0 Å².